The second-order valence-corrected chi connectivity index (χ2v) is 6.34. The van der Waals surface area contributed by atoms with Gasteiger partial charge < -0.3 is 5.11 Å². The molecule has 1 aromatic rings. The van der Waals surface area contributed by atoms with E-state index in [4.69, 9.17) is 5.11 Å². The number of piperidine rings is 1. The number of thioether (sulfide) groups is 1. The van der Waals surface area contributed by atoms with Crippen molar-refractivity contribution in [2.45, 2.75) is 37.1 Å². The van der Waals surface area contributed by atoms with Gasteiger partial charge in [0.05, 0.1) is 0 Å². The Morgan fingerprint density at radius 2 is 2.25 bits per heavy atom. The molecule has 0 unspecified atom stereocenters. The summed E-state index contributed by atoms with van der Waals surface area (Å²) >= 11 is 1.79. The van der Waals surface area contributed by atoms with Gasteiger partial charge in [-0.3, -0.25) is 9.69 Å². The zero-order chi connectivity index (χ0) is 14.4. The number of hydrogen-bond donors (Lipinski definition) is 1. The van der Waals surface area contributed by atoms with Crippen LogP contribution in [0.1, 0.15) is 31.2 Å². The quantitative estimate of drug-likeness (QED) is 0.815. The summed E-state index contributed by atoms with van der Waals surface area (Å²) in [5, 5.41) is 8.80. The van der Waals surface area contributed by atoms with Gasteiger partial charge in [-0.2, -0.15) is 0 Å². The molecule has 0 bridgehead atoms. The highest BCUT2D eigenvalue weighted by Gasteiger charge is 2.21. The lowest BCUT2D eigenvalue weighted by Gasteiger charge is -2.33. The van der Waals surface area contributed by atoms with Crippen molar-refractivity contribution in [1.29, 1.82) is 0 Å². The van der Waals surface area contributed by atoms with E-state index >= 15 is 0 Å². The van der Waals surface area contributed by atoms with Crippen LogP contribution in [0.5, 0.6) is 0 Å². The summed E-state index contributed by atoms with van der Waals surface area (Å²) in [4.78, 5) is 14.5. The van der Waals surface area contributed by atoms with E-state index < -0.39 is 5.97 Å². The Morgan fingerprint density at radius 1 is 1.45 bits per heavy atom. The first-order valence-electron chi connectivity index (χ1n) is 7.25. The Kier molecular flexibility index (Phi) is 5.92. The van der Waals surface area contributed by atoms with Gasteiger partial charge in [0.15, 0.2) is 0 Å². The van der Waals surface area contributed by atoms with Crippen molar-refractivity contribution in [2.24, 2.45) is 5.92 Å². The fourth-order valence-corrected chi connectivity index (χ4v) is 3.54. The summed E-state index contributed by atoms with van der Waals surface area (Å²) in [6.07, 6.45) is 5.60. The molecule has 1 aliphatic heterocycles. The molecule has 0 radical (unpaired) electrons. The molecule has 0 amide bonds. The molecule has 1 saturated heterocycles. The van der Waals surface area contributed by atoms with Gasteiger partial charge in [-0.1, -0.05) is 18.2 Å². The maximum Gasteiger partial charge on any atom is 0.303 e. The SMILES string of the molecule is CSc1ccccc1CN1CCC[C@H](CCC(=O)O)C1. The molecule has 1 fully saturated rings. The Hall–Kier alpha value is -1.00. The number of aliphatic carboxylic acids is 1. The predicted octanol–water partition coefficient (Wildman–Crippen LogP) is 3.49. The maximum atomic E-state index is 10.7. The molecule has 1 N–H and O–H groups in total. The molecule has 0 aliphatic carbocycles. The number of carbonyl (C=O) groups is 1. The van der Waals surface area contributed by atoms with Gasteiger partial charge in [-0.05, 0) is 49.6 Å². The Bertz CT molecular complexity index is 450. The average molecular weight is 293 g/mol. The van der Waals surface area contributed by atoms with Crippen LogP contribution in [-0.4, -0.2) is 35.3 Å². The van der Waals surface area contributed by atoms with Gasteiger partial charge in [0.2, 0.25) is 0 Å². The maximum absolute atomic E-state index is 10.7. The van der Waals surface area contributed by atoms with E-state index in [1.807, 2.05) is 0 Å². The largest absolute Gasteiger partial charge is 0.481 e. The number of hydrogen-bond acceptors (Lipinski definition) is 3. The minimum atomic E-state index is -0.671. The van der Waals surface area contributed by atoms with Crippen molar-refractivity contribution in [3.63, 3.8) is 0 Å². The fourth-order valence-electron chi connectivity index (χ4n) is 2.93. The summed E-state index contributed by atoms with van der Waals surface area (Å²) in [5.41, 5.74) is 1.39. The minimum absolute atomic E-state index is 0.305. The van der Waals surface area contributed by atoms with Crippen LogP contribution in [-0.2, 0) is 11.3 Å². The fraction of sp³-hybridized carbons (Fsp3) is 0.562. The standard InChI is InChI=1S/C16H23NO2S/c1-20-15-7-3-2-6-14(15)12-17-10-4-5-13(11-17)8-9-16(18)19/h2-3,6-7,13H,4-5,8-12H2,1H3,(H,18,19)/t13-/m1/s1. The molecule has 2 rings (SSSR count). The molecular formula is C16H23NO2S. The lowest BCUT2D eigenvalue weighted by atomic mass is 9.93. The highest BCUT2D eigenvalue weighted by Crippen LogP contribution is 2.25. The van der Waals surface area contributed by atoms with Crippen LogP contribution >= 0.6 is 11.8 Å². The van der Waals surface area contributed by atoms with Gasteiger partial charge in [-0.25, -0.2) is 0 Å². The molecule has 1 aromatic carbocycles. The van der Waals surface area contributed by atoms with Gasteiger partial charge in [-0.15, -0.1) is 11.8 Å². The van der Waals surface area contributed by atoms with E-state index in [1.54, 1.807) is 11.8 Å². The number of benzene rings is 1. The van der Waals surface area contributed by atoms with Crippen molar-refractivity contribution in [1.82, 2.24) is 4.90 Å². The van der Waals surface area contributed by atoms with Crippen LogP contribution < -0.4 is 0 Å². The van der Waals surface area contributed by atoms with Crippen molar-refractivity contribution >= 4 is 17.7 Å². The molecule has 20 heavy (non-hydrogen) atoms. The zero-order valence-corrected chi connectivity index (χ0v) is 12.9. The molecule has 110 valence electrons. The van der Waals surface area contributed by atoms with E-state index in [-0.39, 0.29) is 0 Å². The Labute approximate surface area is 125 Å². The topological polar surface area (TPSA) is 40.5 Å². The number of nitrogens with zero attached hydrogens (tertiary/aromatic N) is 1. The van der Waals surface area contributed by atoms with E-state index in [1.165, 1.54) is 23.3 Å². The van der Waals surface area contributed by atoms with Crippen molar-refractivity contribution in [3.8, 4) is 0 Å². The first-order valence-corrected chi connectivity index (χ1v) is 8.47. The number of rotatable bonds is 6. The van der Waals surface area contributed by atoms with Crippen LogP contribution in [0.3, 0.4) is 0 Å². The van der Waals surface area contributed by atoms with Crippen LogP contribution in [0.25, 0.3) is 0 Å². The van der Waals surface area contributed by atoms with E-state index in [9.17, 15) is 4.79 Å². The summed E-state index contributed by atoms with van der Waals surface area (Å²) in [6, 6.07) is 8.56. The summed E-state index contributed by atoms with van der Waals surface area (Å²) < 4.78 is 0. The smallest absolute Gasteiger partial charge is 0.303 e. The monoisotopic (exact) mass is 293 g/mol. The van der Waals surface area contributed by atoms with Gasteiger partial charge in [0.25, 0.3) is 0 Å². The number of carboxylic acid groups (broad SMARTS) is 1. The first-order chi connectivity index (χ1) is 9.69. The van der Waals surface area contributed by atoms with Crippen molar-refractivity contribution < 1.29 is 9.90 Å². The molecule has 0 spiro atoms. The Balaban J connectivity index is 1.90. The first kappa shape index (κ1) is 15.4. The highest BCUT2D eigenvalue weighted by atomic mass is 32.2. The van der Waals surface area contributed by atoms with Gasteiger partial charge in [0, 0.05) is 24.4 Å². The normalized spacial score (nSPS) is 19.9. The molecule has 3 nitrogen and oxygen atoms in total. The van der Waals surface area contributed by atoms with Crippen LogP contribution in [0, 0.1) is 5.92 Å². The number of carboxylic acids is 1. The third-order valence-electron chi connectivity index (χ3n) is 3.96. The van der Waals surface area contributed by atoms with E-state index in [2.05, 4.69) is 35.4 Å². The highest BCUT2D eigenvalue weighted by molar-refractivity contribution is 7.98. The molecule has 1 atom stereocenters. The van der Waals surface area contributed by atoms with Crippen molar-refractivity contribution in [2.75, 3.05) is 19.3 Å². The second kappa shape index (κ2) is 7.70. The third kappa shape index (κ3) is 4.53. The van der Waals surface area contributed by atoms with E-state index in [0.29, 0.717) is 12.3 Å². The second-order valence-electron chi connectivity index (χ2n) is 5.49. The van der Waals surface area contributed by atoms with Gasteiger partial charge in [0.1, 0.15) is 0 Å². The zero-order valence-electron chi connectivity index (χ0n) is 12.0. The number of likely N-dealkylation sites (tertiary alicyclic amines) is 1. The molecule has 4 heteroatoms. The Morgan fingerprint density at radius 3 is 3.00 bits per heavy atom. The van der Waals surface area contributed by atoms with Crippen molar-refractivity contribution in [3.05, 3.63) is 29.8 Å². The lowest BCUT2D eigenvalue weighted by Crippen LogP contribution is -2.35. The molecule has 1 heterocycles. The van der Waals surface area contributed by atoms with Crippen LogP contribution in [0.2, 0.25) is 0 Å². The molecule has 0 aromatic heterocycles. The van der Waals surface area contributed by atoms with E-state index in [0.717, 1.165) is 26.1 Å². The lowest BCUT2D eigenvalue weighted by molar-refractivity contribution is -0.137. The van der Waals surface area contributed by atoms with Gasteiger partial charge >= 0.3 is 5.97 Å². The summed E-state index contributed by atoms with van der Waals surface area (Å²) in [5.74, 6) is -0.129. The van der Waals surface area contributed by atoms with Crippen LogP contribution in [0.15, 0.2) is 29.2 Å². The third-order valence-corrected chi connectivity index (χ3v) is 4.79. The summed E-state index contributed by atoms with van der Waals surface area (Å²) in [7, 11) is 0. The molecule has 1 aliphatic rings. The summed E-state index contributed by atoms with van der Waals surface area (Å²) in [6.45, 7) is 3.16. The molecule has 0 saturated carbocycles. The molecular weight excluding hydrogens is 270 g/mol. The average Bonchev–Trinajstić information content (AvgIpc) is 2.46. The van der Waals surface area contributed by atoms with Crippen LogP contribution in [0.4, 0.5) is 0 Å². The minimum Gasteiger partial charge on any atom is -0.481 e. The predicted molar refractivity (Wildman–Crippen MR) is 83.1 cm³/mol.